The van der Waals surface area contributed by atoms with Gasteiger partial charge in [-0.25, -0.2) is 0 Å². The summed E-state index contributed by atoms with van der Waals surface area (Å²) < 4.78 is 38.5. The minimum atomic E-state index is -4.42. The standard InChI is InChI=1S/C17H23F3N2O2/c1-4-21-15(23)9-10-16(24)22(5-2)12(3)13-7-6-8-14(11-13)17(18,19)20/h6-8,11-12H,4-5,9-10H2,1-3H3,(H,21,23)/t12-/m1/s1. The summed E-state index contributed by atoms with van der Waals surface area (Å²) in [4.78, 5) is 25.2. The van der Waals surface area contributed by atoms with Crippen LogP contribution in [-0.4, -0.2) is 29.8 Å². The molecule has 0 unspecified atom stereocenters. The van der Waals surface area contributed by atoms with Crippen molar-refractivity contribution in [1.29, 1.82) is 0 Å². The topological polar surface area (TPSA) is 49.4 Å². The number of nitrogens with zero attached hydrogens (tertiary/aromatic N) is 1. The molecule has 1 aromatic rings. The molecule has 0 saturated heterocycles. The second-order valence-electron chi connectivity index (χ2n) is 5.43. The Kier molecular flexibility index (Phi) is 7.25. The summed E-state index contributed by atoms with van der Waals surface area (Å²) in [5.41, 5.74) is -0.323. The van der Waals surface area contributed by atoms with Crippen molar-refractivity contribution in [2.45, 2.75) is 45.8 Å². The lowest BCUT2D eigenvalue weighted by molar-refractivity contribution is -0.137. The molecule has 0 bridgehead atoms. The van der Waals surface area contributed by atoms with Gasteiger partial charge in [-0.1, -0.05) is 12.1 Å². The molecule has 0 aliphatic rings. The highest BCUT2D eigenvalue weighted by molar-refractivity contribution is 5.84. The van der Waals surface area contributed by atoms with E-state index in [-0.39, 0.29) is 24.7 Å². The van der Waals surface area contributed by atoms with Crippen molar-refractivity contribution >= 4 is 11.8 Å². The zero-order valence-corrected chi connectivity index (χ0v) is 14.1. The number of benzene rings is 1. The van der Waals surface area contributed by atoms with Crippen molar-refractivity contribution < 1.29 is 22.8 Å². The molecule has 7 heteroatoms. The minimum absolute atomic E-state index is 0.0307. The first-order valence-electron chi connectivity index (χ1n) is 7.94. The van der Waals surface area contributed by atoms with Crippen LogP contribution in [0.4, 0.5) is 13.2 Å². The monoisotopic (exact) mass is 344 g/mol. The van der Waals surface area contributed by atoms with E-state index in [1.165, 1.54) is 11.0 Å². The molecule has 1 atom stereocenters. The summed E-state index contributed by atoms with van der Waals surface area (Å²) in [5, 5.41) is 2.61. The molecule has 1 aromatic carbocycles. The first-order valence-corrected chi connectivity index (χ1v) is 7.94. The van der Waals surface area contributed by atoms with Gasteiger partial charge in [-0.15, -0.1) is 0 Å². The molecule has 0 aliphatic heterocycles. The molecule has 0 fully saturated rings. The molecular weight excluding hydrogens is 321 g/mol. The summed E-state index contributed by atoms with van der Waals surface area (Å²) in [7, 11) is 0. The van der Waals surface area contributed by atoms with E-state index >= 15 is 0 Å². The smallest absolute Gasteiger partial charge is 0.356 e. The summed E-state index contributed by atoms with van der Waals surface area (Å²) in [5.74, 6) is -0.470. The van der Waals surface area contributed by atoms with Gasteiger partial charge in [0, 0.05) is 25.9 Å². The Morgan fingerprint density at radius 2 is 1.88 bits per heavy atom. The van der Waals surface area contributed by atoms with E-state index in [4.69, 9.17) is 0 Å². The maximum Gasteiger partial charge on any atom is 0.416 e. The number of nitrogens with one attached hydrogen (secondary N) is 1. The molecule has 0 heterocycles. The number of carbonyl (C=O) groups excluding carboxylic acids is 2. The molecule has 0 aliphatic carbocycles. The number of hydrogen-bond donors (Lipinski definition) is 1. The average molecular weight is 344 g/mol. The largest absolute Gasteiger partial charge is 0.416 e. The molecule has 0 saturated carbocycles. The van der Waals surface area contributed by atoms with E-state index in [0.717, 1.165) is 12.1 Å². The number of alkyl halides is 3. The molecule has 2 amide bonds. The summed E-state index contributed by atoms with van der Waals surface area (Å²) >= 11 is 0. The quantitative estimate of drug-likeness (QED) is 0.823. The first kappa shape index (κ1) is 20.0. The highest BCUT2D eigenvalue weighted by Crippen LogP contribution is 2.32. The second kappa shape index (κ2) is 8.70. The van der Waals surface area contributed by atoms with Crippen LogP contribution in [0, 0.1) is 0 Å². The highest BCUT2D eigenvalue weighted by atomic mass is 19.4. The van der Waals surface area contributed by atoms with Gasteiger partial charge in [-0.05, 0) is 38.5 Å². The van der Waals surface area contributed by atoms with Gasteiger partial charge in [0.25, 0.3) is 0 Å². The molecular formula is C17H23F3N2O2. The van der Waals surface area contributed by atoms with Gasteiger partial charge in [0.15, 0.2) is 0 Å². The van der Waals surface area contributed by atoms with Gasteiger partial charge in [-0.2, -0.15) is 13.2 Å². The maximum absolute atomic E-state index is 12.8. The second-order valence-corrected chi connectivity index (χ2v) is 5.43. The third kappa shape index (κ3) is 5.54. The summed E-state index contributed by atoms with van der Waals surface area (Å²) in [6, 6.07) is 4.47. The van der Waals surface area contributed by atoms with Crippen LogP contribution in [0.25, 0.3) is 0 Å². The Labute approximate surface area is 140 Å². The highest BCUT2D eigenvalue weighted by Gasteiger charge is 2.31. The fourth-order valence-electron chi connectivity index (χ4n) is 2.47. The maximum atomic E-state index is 12.8. The number of halogens is 3. The Bertz CT molecular complexity index is 573. The minimum Gasteiger partial charge on any atom is -0.356 e. The summed E-state index contributed by atoms with van der Waals surface area (Å²) in [6.07, 6.45) is -4.32. The van der Waals surface area contributed by atoms with Gasteiger partial charge in [0.05, 0.1) is 11.6 Å². The lowest BCUT2D eigenvalue weighted by Gasteiger charge is -2.29. The van der Waals surface area contributed by atoms with Crippen molar-refractivity contribution in [1.82, 2.24) is 10.2 Å². The van der Waals surface area contributed by atoms with Crippen molar-refractivity contribution in [3.63, 3.8) is 0 Å². The average Bonchev–Trinajstić information content (AvgIpc) is 2.53. The predicted molar refractivity (Wildman–Crippen MR) is 85.2 cm³/mol. The number of amides is 2. The SMILES string of the molecule is CCNC(=O)CCC(=O)N(CC)[C@H](C)c1cccc(C(F)(F)F)c1. The van der Waals surface area contributed by atoms with Gasteiger partial charge < -0.3 is 10.2 Å². The van der Waals surface area contributed by atoms with Crippen LogP contribution >= 0.6 is 0 Å². The van der Waals surface area contributed by atoms with Crippen LogP contribution in [0.5, 0.6) is 0 Å². The van der Waals surface area contributed by atoms with E-state index in [0.29, 0.717) is 18.7 Å². The van der Waals surface area contributed by atoms with Crippen LogP contribution < -0.4 is 5.32 Å². The predicted octanol–water partition coefficient (Wildman–Crippen LogP) is 3.53. The van der Waals surface area contributed by atoms with E-state index in [1.807, 2.05) is 0 Å². The van der Waals surface area contributed by atoms with Crippen LogP contribution in [0.2, 0.25) is 0 Å². The molecule has 0 aromatic heterocycles. The Morgan fingerprint density at radius 1 is 1.21 bits per heavy atom. The lowest BCUT2D eigenvalue weighted by Crippen LogP contribution is -2.34. The normalized spacial score (nSPS) is 12.6. The molecule has 1 rings (SSSR count). The van der Waals surface area contributed by atoms with E-state index in [2.05, 4.69) is 5.32 Å². The van der Waals surface area contributed by atoms with Gasteiger partial charge in [0.1, 0.15) is 0 Å². The summed E-state index contributed by atoms with van der Waals surface area (Å²) in [6.45, 7) is 6.07. The van der Waals surface area contributed by atoms with Crippen LogP contribution in [0.3, 0.4) is 0 Å². The molecule has 4 nitrogen and oxygen atoms in total. The zero-order valence-electron chi connectivity index (χ0n) is 14.1. The van der Waals surface area contributed by atoms with E-state index < -0.39 is 17.8 Å². The fourth-order valence-corrected chi connectivity index (χ4v) is 2.47. The molecule has 134 valence electrons. The van der Waals surface area contributed by atoms with Crippen molar-refractivity contribution in [2.75, 3.05) is 13.1 Å². The number of carbonyl (C=O) groups is 2. The van der Waals surface area contributed by atoms with Crippen molar-refractivity contribution in [2.24, 2.45) is 0 Å². The number of hydrogen-bond acceptors (Lipinski definition) is 2. The lowest BCUT2D eigenvalue weighted by atomic mass is 10.0. The molecule has 24 heavy (non-hydrogen) atoms. The molecule has 0 radical (unpaired) electrons. The molecule has 0 spiro atoms. The number of rotatable bonds is 7. The van der Waals surface area contributed by atoms with E-state index in [9.17, 15) is 22.8 Å². The van der Waals surface area contributed by atoms with Crippen LogP contribution in [-0.2, 0) is 15.8 Å². The Balaban J connectivity index is 2.84. The Morgan fingerprint density at radius 3 is 2.42 bits per heavy atom. The third-order valence-electron chi connectivity index (χ3n) is 3.76. The Hall–Kier alpha value is -2.05. The molecule has 1 N–H and O–H groups in total. The van der Waals surface area contributed by atoms with Gasteiger partial charge in [-0.3, -0.25) is 9.59 Å². The first-order chi connectivity index (χ1) is 11.2. The van der Waals surface area contributed by atoms with Crippen LogP contribution in [0.1, 0.15) is 50.8 Å². The van der Waals surface area contributed by atoms with Crippen molar-refractivity contribution in [3.8, 4) is 0 Å². The fraction of sp³-hybridized carbons (Fsp3) is 0.529. The van der Waals surface area contributed by atoms with Gasteiger partial charge in [0.2, 0.25) is 11.8 Å². The van der Waals surface area contributed by atoms with Crippen LogP contribution in [0.15, 0.2) is 24.3 Å². The zero-order chi connectivity index (χ0) is 18.3. The van der Waals surface area contributed by atoms with E-state index in [1.54, 1.807) is 26.8 Å². The van der Waals surface area contributed by atoms with Crippen molar-refractivity contribution in [3.05, 3.63) is 35.4 Å². The van der Waals surface area contributed by atoms with Gasteiger partial charge >= 0.3 is 6.18 Å². The third-order valence-corrected chi connectivity index (χ3v) is 3.76.